The molecule has 0 bridgehead atoms. The third-order valence-corrected chi connectivity index (χ3v) is 4.37. The number of hydrogen-bond acceptors (Lipinski definition) is 5. The number of hydrazone groups is 1. The third-order valence-electron chi connectivity index (χ3n) is 3.68. The first-order chi connectivity index (χ1) is 13.0. The lowest BCUT2D eigenvalue weighted by atomic mass is 10.2. The number of carbonyl (C=O) groups is 2. The lowest BCUT2D eigenvalue weighted by Gasteiger charge is -2.13. The highest BCUT2D eigenvalue weighted by Gasteiger charge is 2.17. The fourth-order valence-corrected chi connectivity index (χ4v) is 2.64. The van der Waals surface area contributed by atoms with Crippen LogP contribution in [0.4, 0.5) is 0 Å². The predicted octanol–water partition coefficient (Wildman–Crippen LogP) is 2.73. The van der Waals surface area contributed by atoms with E-state index in [1.807, 2.05) is 0 Å². The Bertz CT molecular complexity index is 855. The largest absolute Gasteiger partial charge is 0.497 e. The third kappa shape index (κ3) is 5.55. The van der Waals surface area contributed by atoms with Gasteiger partial charge in [0, 0.05) is 16.1 Å². The summed E-state index contributed by atoms with van der Waals surface area (Å²) in [4.78, 5) is 24.4. The highest BCUT2D eigenvalue weighted by Crippen LogP contribution is 2.23. The van der Waals surface area contributed by atoms with Gasteiger partial charge in [-0.05, 0) is 47.1 Å². The van der Waals surface area contributed by atoms with Crippen LogP contribution in [0.1, 0.15) is 22.8 Å². The van der Waals surface area contributed by atoms with Gasteiger partial charge in [-0.25, -0.2) is 5.43 Å². The number of benzene rings is 2. The van der Waals surface area contributed by atoms with Crippen molar-refractivity contribution in [2.75, 3.05) is 14.2 Å². The summed E-state index contributed by atoms with van der Waals surface area (Å²) in [5.74, 6) is 0.407. The Morgan fingerprint density at radius 2 is 1.89 bits per heavy atom. The first-order valence-electron chi connectivity index (χ1n) is 8.06. The molecule has 0 spiro atoms. The Hall–Kier alpha value is -2.87. The Kier molecular flexibility index (Phi) is 7.36. The lowest BCUT2D eigenvalue weighted by molar-refractivity contribution is -0.122. The summed E-state index contributed by atoms with van der Waals surface area (Å²) >= 11 is 3.31. The smallest absolute Gasteiger partial charge is 0.262 e. The summed E-state index contributed by atoms with van der Waals surface area (Å²) in [6, 6.07) is 11.4. The number of carbonyl (C=O) groups excluding carboxylic acids is 2. The van der Waals surface area contributed by atoms with Crippen LogP contribution >= 0.6 is 15.9 Å². The summed E-state index contributed by atoms with van der Waals surface area (Å²) in [5.41, 5.74) is 3.52. The van der Waals surface area contributed by atoms with E-state index in [9.17, 15) is 9.59 Å². The average Bonchev–Trinajstić information content (AvgIpc) is 2.68. The number of methoxy groups -OCH3 is 2. The van der Waals surface area contributed by atoms with Gasteiger partial charge in [-0.15, -0.1) is 0 Å². The Morgan fingerprint density at radius 1 is 1.15 bits per heavy atom. The van der Waals surface area contributed by atoms with Gasteiger partial charge in [-0.2, -0.15) is 5.10 Å². The molecule has 0 aliphatic rings. The van der Waals surface area contributed by atoms with Gasteiger partial charge < -0.3 is 14.8 Å². The van der Waals surface area contributed by atoms with Gasteiger partial charge in [0.15, 0.2) is 0 Å². The Balaban J connectivity index is 1.96. The van der Waals surface area contributed by atoms with Crippen LogP contribution in [0.3, 0.4) is 0 Å². The highest BCUT2D eigenvalue weighted by molar-refractivity contribution is 9.10. The van der Waals surface area contributed by atoms with Gasteiger partial charge in [0.2, 0.25) is 0 Å². The molecule has 2 aromatic carbocycles. The summed E-state index contributed by atoms with van der Waals surface area (Å²) in [6.45, 7) is 1.58. The number of amides is 2. The van der Waals surface area contributed by atoms with Crippen molar-refractivity contribution in [3.63, 3.8) is 0 Å². The van der Waals surface area contributed by atoms with Crippen molar-refractivity contribution >= 4 is 34.0 Å². The van der Waals surface area contributed by atoms with Crippen LogP contribution in [-0.4, -0.2) is 38.3 Å². The van der Waals surface area contributed by atoms with Gasteiger partial charge in [-0.1, -0.05) is 12.1 Å². The second kappa shape index (κ2) is 9.72. The molecule has 2 aromatic rings. The second-order valence-corrected chi connectivity index (χ2v) is 6.37. The summed E-state index contributed by atoms with van der Waals surface area (Å²) < 4.78 is 11.0. The first-order valence-corrected chi connectivity index (χ1v) is 8.86. The van der Waals surface area contributed by atoms with Crippen LogP contribution in [-0.2, 0) is 4.79 Å². The maximum Gasteiger partial charge on any atom is 0.262 e. The maximum absolute atomic E-state index is 12.2. The molecule has 0 aliphatic heterocycles. The molecule has 0 aliphatic carbocycles. The molecule has 8 heteroatoms. The van der Waals surface area contributed by atoms with Crippen LogP contribution in [0.15, 0.2) is 52.0 Å². The standard InChI is InChI=1S/C19H20BrN3O4/c1-12(22-19(25)15-6-4-5-7-16(15)20)18(24)23-21-11-13-8-9-14(26-2)10-17(13)27-3/h4-12H,1-3H3,(H,22,25)(H,23,24). The van der Waals surface area contributed by atoms with Crippen LogP contribution < -0.4 is 20.2 Å². The second-order valence-electron chi connectivity index (χ2n) is 5.52. The van der Waals surface area contributed by atoms with Gasteiger partial charge >= 0.3 is 0 Å². The Labute approximate surface area is 165 Å². The van der Waals surface area contributed by atoms with E-state index in [2.05, 4.69) is 31.8 Å². The SMILES string of the molecule is COc1ccc(C=NNC(=O)C(C)NC(=O)c2ccccc2Br)c(OC)c1. The van der Waals surface area contributed by atoms with Crippen molar-refractivity contribution < 1.29 is 19.1 Å². The molecule has 0 saturated carbocycles. The zero-order valence-corrected chi connectivity index (χ0v) is 16.7. The van der Waals surface area contributed by atoms with Crippen LogP contribution in [0.2, 0.25) is 0 Å². The van der Waals surface area contributed by atoms with Crippen molar-refractivity contribution in [1.29, 1.82) is 0 Å². The zero-order valence-electron chi connectivity index (χ0n) is 15.2. The van der Waals surface area contributed by atoms with E-state index in [1.165, 1.54) is 13.3 Å². The molecule has 2 rings (SSSR count). The summed E-state index contributed by atoms with van der Waals surface area (Å²) in [7, 11) is 3.09. The minimum atomic E-state index is -0.764. The quantitative estimate of drug-likeness (QED) is 0.518. The molecule has 7 nitrogen and oxygen atoms in total. The number of halogens is 1. The number of hydrogen-bond donors (Lipinski definition) is 2. The minimum absolute atomic E-state index is 0.356. The van der Waals surface area contributed by atoms with E-state index in [0.717, 1.165) is 0 Å². The topological polar surface area (TPSA) is 89.0 Å². The highest BCUT2D eigenvalue weighted by atomic mass is 79.9. The van der Waals surface area contributed by atoms with Crippen LogP contribution in [0.5, 0.6) is 11.5 Å². The lowest BCUT2D eigenvalue weighted by Crippen LogP contribution is -2.43. The van der Waals surface area contributed by atoms with Gasteiger partial charge in [0.05, 0.1) is 26.0 Å². The van der Waals surface area contributed by atoms with E-state index < -0.39 is 11.9 Å². The molecule has 1 atom stereocenters. The molecule has 142 valence electrons. The molecule has 0 heterocycles. The maximum atomic E-state index is 12.2. The van der Waals surface area contributed by atoms with Crippen molar-refractivity contribution in [2.45, 2.75) is 13.0 Å². The van der Waals surface area contributed by atoms with Gasteiger partial charge in [0.25, 0.3) is 11.8 Å². The van der Waals surface area contributed by atoms with Crippen molar-refractivity contribution in [2.24, 2.45) is 5.10 Å². The number of nitrogens with zero attached hydrogens (tertiary/aromatic N) is 1. The van der Waals surface area contributed by atoms with Crippen molar-refractivity contribution in [3.8, 4) is 11.5 Å². The normalized spacial score (nSPS) is 11.7. The van der Waals surface area contributed by atoms with E-state index in [0.29, 0.717) is 27.1 Å². The van der Waals surface area contributed by atoms with Crippen molar-refractivity contribution in [3.05, 3.63) is 58.1 Å². The molecule has 0 saturated heterocycles. The average molecular weight is 434 g/mol. The predicted molar refractivity (Wildman–Crippen MR) is 106 cm³/mol. The molecule has 2 amide bonds. The molecule has 27 heavy (non-hydrogen) atoms. The minimum Gasteiger partial charge on any atom is -0.497 e. The molecular weight excluding hydrogens is 414 g/mol. The van der Waals surface area contributed by atoms with E-state index in [-0.39, 0.29) is 5.91 Å². The molecule has 1 unspecified atom stereocenters. The fourth-order valence-electron chi connectivity index (χ4n) is 2.17. The Morgan fingerprint density at radius 3 is 2.56 bits per heavy atom. The monoisotopic (exact) mass is 433 g/mol. The first kappa shape index (κ1) is 20.4. The van der Waals surface area contributed by atoms with E-state index in [1.54, 1.807) is 56.5 Å². The molecule has 0 radical (unpaired) electrons. The summed E-state index contributed by atoms with van der Waals surface area (Å²) in [5, 5.41) is 6.55. The molecular formula is C19H20BrN3O4. The molecule has 0 aromatic heterocycles. The van der Waals surface area contributed by atoms with Crippen LogP contribution in [0, 0.1) is 0 Å². The zero-order chi connectivity index (χ0) is 19.8. The fraction of sp³-hybridized carbons (Fsp3) is 0.211. The number of rotatable bonds is 7. The number of nitrogens with one attached hydrogen (secondary N) is 2. The van der Waals surface area contributed by atoms with Gasteiger partial charge in [-0.3, -0.25) is 9.59 Å². The van der Waals surface area contributed by atoms with E-state index >= 15 is 0 Å². The van der Waals surface area contributed by atoms with Gasteiger partial charge in [0.1, 0.15) is 17.5 Å². The summed E-state index contributed by atoms with van der Waals surface area (Å²) in [6.07, 6.45) is 1.46. The van der Waals surface area contributed by atoms with E-state index in [4.69, 9.17) is 9.47 Å². The molecule has 0 fully saturated rings. The number of ether oxygens (including phenoxy) is 2. The molecule has 2 N–H and O–H groups in total. The van der Waals surface area contributed by atoms with Crippen molar-refractivity contribution in [1.82, 2.24) is 10.7 Å². The van der Waals surface area contributed by atoms with Crippen LogP contribution in [0.25, 0.3) is 0 Å².